The molecular formula is C24H30O5. The molecule has 0 bridgehead atoms. The van der Waals surface area contributed by atoms with Gasteiger partial charge in [0.05, 0.1) is 6.61 Å². The van der Waals surface area contributed by atoms with Crippen molar-refractivity contribution in [3.8, 4) is 17.2 Å². The number of unbranched alkanes of at least 4 members (excludes halogenated alkanes) is 1. The van der Waals surface area contributed by atoms with Crippen LogP contribution in [0.1, 0.15) is 56.8 Å². The molecule has 0 saturated carbocycles. The lowest BCUT2D eigenvalue weighted by Gasteiger charge is -2.15. The lowest BCUT2D eigenvalue weighted by atomic mass is 10.0. The number of rotatable bonds is 12. The highest BCUT2D eigenvalue weighted by Gasteiger charge is 2.09. The quantitative estimate of drug-likeness (QED) is 0.270. The van der Waals surface area contributed by atoms with Gasteiger partial charge in [-0.2, -0.15) is 0 Å². The molecular weight excluding hydrogens is 368 g/mol. The van der Waals surface area contributed by atoms with Crippen molar-refractivity contribution >= 4 is 11.8 Å². The van der Waals surface area contributed by atoms with Crippen LogP contribution in [0.2, 0.25) is 0 Å². The third kappa shape index (κ3) is 7.98. The summed E-state index contributed by atoms with van der Waals surface area (Å²) < 4.78 is 16.5. The number of hydrogen-bond acceptors (Lipinski definition) is 5. The van der Waals surface area contributed by atoms with Crippen LogP contribution in [0.3, 0.4) is 0 Å². The molecule has 1 atom stereocenters. The van der Waals surface area contributed by atoms with Crippen LogP contribution in [0, 0.1) is 5.92 Å². The SMILES string of the molecule is CCCCC(CC)COc1ccc(OCC(=O)Oc2ccc(C(C)=O)cc2)cc1. The lowest BCUT2D eigenvalue weighted by molar-refractivity contribution is -0.136. The summed E-state index contributed by atoms with van der Waals surface area (Å²) in [4.78, 5) is 23.2. The molecule has 29 heavy (non-hydrogen) atoms. The van der Waals surface area contributed by atoms with E-state index in [9.17, 15) is 9.59 Å². The zero-order valence-corrected chi connectivity index (χ0v) is 17.5. The van der Waals surface area contributed by atoms with Crippen LogP contribution in [0.15, 0.2) is 48.5 Å². The summed E-state index contributed by atoms with van der Waals surface area (Å²) in [6, 6.07) is 13.7. The molecule has 0 heterocycles. The Morgan fingerprint density at radius 1 is 0.862 bits per heavy atom. The molecule has 0 spiro atoms. The second kappa shape index (κ2) is 11.9. The van der Waals surface area contributed by atoms with Gasteiger partial charge >= 0.3 is 5.97 Å². The van der Waals surface area contributed by atoms with Crippen molar-refractivity contribution in [2.24, 2.45) is 5.92 Å². The van der Waals surface area contributed by atoms with E-state index in [1.165, 1.54) is 26.2 Å². The summed E-state index contributed by atoms with van der Waals surface area (Å²) >= 11 is 0. The van der Waals surface area contributed by atoms with E-state index >= 15 is 0 Å². The first-order valence-electron chi connectivity index (χ1n) is 10.2. The maximum absolute atomic E-state index is 11.9. The molecule has 0 aliphatic rings. The normalized spacial score (nSPS) is 11.6. The molecule has 0 radical (unpaired) electrons. The van der Waals surface area contributed by atoms with Crippen molar-refractivity contribution in [1.29, 1.82) is 0 Å². The molecule has 0 aliphatic carbocycles. The molecule has 1 unspecified atom stereocenters. The van der Waals surface area contributed by atoms with Gasteiger partial charge in [-0.3, -0.25) is 4.79 Å². The Morgan fingerprint density at radius 2 is 1.45 bits per heavy atom. The average Bonchev–Trinajstić information content (AvgIpc) is 2.73. The Kier molecular flexibility index (Phi) is 9.22. The van der Waals surface area contributed by atoms with Gasteiger partial charge in [-0.15, -0.1) is 0 Å². The number of benzene rings is 2. The Hall–Kier alpha value is -2.82. The zero-order chi connectivity index (χ0) is 21.1. The second-order valence-corrected chi connectivity index (χ2v) is 7.04. The number of carbonyl (C=O) groups excluding carboxylic acids is 2. The topological polar surface area (TPSA) is 61.8 Å². The highest BCUT2D eigenvalue weighted by atomic mass is 16.6. The van der Waals surface area contributed by atoms with Gasteiger partial charge in [0.15, 0.2) is 12.4 Å². The summed E-state index contributed by atoms with van der Waals surface area (Å²) in [5, 5.41) is 0. The zero-order valence-electron chi connectivity index (χ0n) is 17.5. The predicted octanol–water partition coefficient (Wildman–Crippen LogP) is 5.47. The van der Waals surface area contributed by atoms with Crippen LogP contribution in [-0.2, 0) is 4.79 Å². The van der Waals surface area contributed by atoms with E-state index in [1.807, 2.05) is 12.1 Å². The van der Waals surface area contributed by atoms with Crippen molar-refractivity contribution in [3.63, 3.8) is 0 Å². The van der Waals surface area contributed by atoms with Crippen LogP contribution in [0.4, 0.5) is 0 Å². The Bertz CT molecular complexity index is 765. The van der Waals surface area contributed by atoms with E-state index < -0.39 is 5.97 Å². The molecule has 0 aromatic heterocycles. The minimum atomic E-state index is -0.511. The first-order valence-corrected chi connectivity index (χ1v) is 10.2. The van der Waals surface area contributed by atoms with Crippen molar-refractivity contribution in [2.75, 3.05) is 13.2 Å². The van der Waals surface area contributed by atoms with Gasteiger partial charge in [-0.05, 0) is 67.8 Å². The number of ether oxygens (including phenoxy) is 3. The summed E-state index contributed by atoms with van der Waals surface area (Å²) in [6.07, 6.45) is 4.73. The molecule has 5 heteroatoms. The maximum Gasteiger partial charge on any atom is 0.349 e. The molecule has 0 saturated heterocycles. The largest absolute Gasteiger partial charge is 0.493 e. The van der Waals surface area contributed by atoms with Crippen molar-refractivity contribution in [2.45, 2.75) is 46.5 Å². The predicted molar refractivity (Wildman–Crippen MR) is 113 cm³/mol. The maximum atomic E-state index is 11.9. The first-order chi connectivity index (χ1) is 14.0. The number of Topliss-reactive ketones (excluding diaryl/α,β-unsaturated/α-hetero) is 1. The van der Waals surface area contributed by atoms with Crippen LogP contribution in [0.5, 0.6) is 17.2 Å². The van der Waals surface area contributed by atoms with E-state index in [4.69, 9.17) is 14.2 Å². The van der Waals surface area contributed by atoms with E-state index in [-0.39, 0.29) is 12.4 Å². The summed E-state index contributed by atoms with van der Waals surface area (Å²) in [7, 11) is 0. The molecule has 0 aliphatic heterocycles. The number of carbonyl (C=O) groups is 2. The van der Waals surface area contributed by atoms with Crippen LogP contribution < -0.4 is 14.2 Å². The number of ketones is 1. The molecule has 5 nitrogen and oxygen atoms in total. The third-order valence-electron chi connectivity index (χ3n) is 4.70. The van der Waals surface area contributed by atoms with Gasteiger partial charge in [0.25, 0.3) is 0 Å². The average molecular weight is 398 g/mol. The minimum Gasteiger partial charge on any atom is -0.493 e. The summed E-state index contributed by atoms with van der Waals surface area (Å²) in [5.74, 6) is 1.76. The van der Waals surface area contributed by atoms with Crippen molar-refractivity contribution < 1.29 is 23.8 Å². The number of esters is 1. The standard InChI is InChI=1S/C24H30O5/c1-4-6-7-19(5-2)16-27-21-12-14-22(15-13-21)28-17-24(26)29-23-10-8-20(9-11-23)18(3)25/h8-15,19H,4-7,16-17H2,1-3H3. The first kappa shape index (κ1) is 22.5. The van der Waals surface area contributed by atoms with E-state index in [1.54, 1.807) is 36.4 Å². The minimum absolute atomic E-state index is 0.0372. The highest BCUT2D eigenvalue weighted by molar-refractivity contribution is 5.94. The monoisotopic (exact) mass is 398 g/mol. The Labute approximate surface area is 173 Å². The summed E-state index contributed by atoms with van der Waals surface area (Å²) in [6.45, 7) is 6.39. The molecule has 0 fully saturated rings. The van der Waals surface area contributed by atoms with Crippen LogP contribution >= 0.6 is 0 Å². The Balaban J connectivity index is 1.76. The summed E-state index contributed by atoms with van der Waals surface area (Å²) in [5.41, 5.74) is 0.568. The fraction of sp³-hybridized carbons (Fsp3) is 0.417. The van der Waals surface area contributed by atoms with Gasteiger partial charge in [0.2, 0.25) is 0 Å². The third-order valence-corrected chi connectivity index (χ3v) is 4.70. The lowest BCUT2D eigenvalue weighted by Crippen LogP contribution is -2.17. The molecule has 2 aromatic carbocycles. The van der Waals surface area contributed by atoms with Crippen LogP contribution in [0.25, 0.3) is 0 Å². The van der Waals surface area contributed by atoms with Crippen LogP contribution in [-0.4, -0.2) is 25.0 Å². The fourth-order valence-corrected chi connectivity index (χ4v) is 2.81. The smallest absolute Gasteiger partial charge is 0.349 e. The molecule has 2 aromatic rings. The molecule has 2 rings (SSSR count). The highest BCUT2D eigenvalue weighted by Crippen LogP contribution is 2.20. The van der Waals surface area contributed by atoms with E-state index in [0.29, 0.717) is 29.6 Å². The van der Waals surface area contributed by atoms with Gasteiger partial charge in [-0.25, -0.2) is 4.79 Å². The van der Waals surface area contributed by atoms with Crippen molar-refractivity contribution in [3.05, 3.63) is 54.1 Å². The van der Waals surface area contributed by atoms with Crippen molar-refractivity contribution in [1.82, 2.24) is 0 Å². The van der Waals surface area contributed by atoms with Gasteiger partial charge in [0, 0.05) is 5.56 Å². The molecule has 156 valence electrons. The van der Waals surface area contributed by atoms with Gasteiger partial charge < -0.3 is 14.2 Å². The Morgan fingerprint density at radius 3 is 2.00 bits per heavy atom. The number of hydrogen-bond donors (Lipinski definition) is 0. The molecule has 0 amide bonds. The van der Waals surface area contributed by atoms with Gasteiger partial charge in [0.1, 0.15) is 17.2 Å². The second-order valence-electron chi connectivity index (χ2n) is 7.04. The van der Waals surface area contributed by atoms with E-state index in [2.05, 4.69) is 13.8 Å². The van der Waals surface area contributed by atoms with Gasteiger partial charge in [-0.1, -0.05) is 33.1 Å². The molecule has 0 N–H and O–H groups in total. The van der Waals surface area contributed by atoms with E-state index in [0.717, 1.165) is 12.2 Å². The fourth-order valence-electron chi connectivity index (χ4n) is 2.81.